The molecular formula is C15H23N3O4. The number of likely N-dealkylation sites (N-methyl/N-ethyl adjacent to an activating group) is 1. The average molecular weight is 309 g/mol. The van der Waals surface area contributed by atoms with E-state index >= 15 is 0 Å². The average Bonchev–Trinajstić information content (AvgIpc) is 2.54. The number of morpholine rings is 1. The van der Waals surface area contributed by atoms with Crippen LogP contribution in [0.5, 0.6) is 0 Å². The minimum Gasteiger partial charge on any atom is -0.387 e. The van der Waals surface area contributed by atoms with Crippen LogP contribution in [-0.2, 0) is 4.74 Å². The lowest BCUT2D eigenvalue weighted by atomic mass is 10.1. The third-order valence-electron chi connectivity index (χ3n) is 3.85. The Morgan fingerprint density at radius 1 is 1.45 bits per heavy atom. The number of ether oxygens (including phenoxy) is 1. The Kier molecular flexibility index (Phi) is 6.26. The molecule has 22 heavy (non-hydrogen) atoms. The van der Waals surface area contributed by atoms with Crippen molar-refractivity contribution in [3.05, 3.63) is 39.9 Å². The molecular weight excluding hydrogens is 286 g/mol. The lowest BCUT2D eigenvalue weighted by molar-refractivity contribution is -0.385. The molecule has 1 heterocycles. The fraction of sp³-hybridized carbons (Fsp3) is 0.600. The Balaban J connectivity index is 1.81. The van der Waals surface area contributed by atoms with E-state index in [1.54, 1.807) is 12.1 Å². The van der Waals surface area contributed by atoms with Crippen molar-refractivity contribution in [2.24, 2.45) is 0 Å². The number of non-ortho nitro benzene ring substituents is 1. The van der Waals surface area contributed by atoms with Crippen molar-refractivity contribution in [1.29, 1.82) is 0 Å². The predicted molar refractivity (Wildman–Crippen MR) is 82.8 cm³/mol. The minimum atomic E-state index is -0.727. The largest absolute Gasteiger partial charge is 0.387 e. The molecule has 0 radical (unpaired) electrons. The van der Waals surface area contributed by atoms with Crippen molar-refractivity contribution >= 4 is 5.69 Å². The summed E-state index contributed by atoms with van der Waals surface area (Å²) in [5.41, 5.74) is 0.583. The van der Waals surface area contributed by atoms with E-state index in [1.165, 1.54) is 12.1 Å². The molecule has 1 fully saturated rings. The topological polar surface area (TPSA) is 79.1 Å². The summed E-state index contributed by atoms with van der Waals surface area (Å²) in [6.07, 6.45) is -0.727. The second-order valence-electron chi connectivity index (χ2n) is 5.58. The molecule has 1 aromatic carbocycles. The number of aliphatic hydroxyl groups excluding tert-OH is 1. The van der Waals surface area contributed by atoms with Crippen molar-refractivity contribution in [2.45, 2.75) is 6.10 Å². The molecule has 1 saturated heterocycles. The summed E-state index contributed by atoms with van der Waals surface area (Å²) in [6.45, 7) is 5.67. The summed E-state index contributed by atoms with van der Waals surface area (Å²) in [5, 5.41) is 21.0. The fourth-order valence-corrected chi connectivity index (χ4v) is 2.47. The highest BCUT2D eigenvalue weighted by molar-refractivity contribution is 5.35. The maximum atomic E-state index is 10.8. The van der Waals surface area contributed by atoms with Crippen molar-refractivity contribution in [2.75, 3.05) is 53.0 Å². The molecule has 1 atom stereocenters. The highest BCUT2D eigenvalue weighted by Crippen LogP contribution is 2.19. The molecule has 1 unspecified atom stereocenters. The molecule has 0 aliphatic carbocycles. The Hall–Kier alpha value is -1.54. The van der Waals surface area contributed by atoms with Gasteiger partial charge in [0.2, 0.25) is 0 Å². The van der Waals surface area contributed by atoms with Crippen molar-refractivity contribution in [1.82, 2.24) is 9.80 Å². The van der Waals surface area contributed by atoms with Crippen molar-refractivity contribution in [3.8, 4) is 0 Å². The zero-order chi connectivity index (χ0) is 15.9. The van der Waals surface area contributed by atoms with E-state index in [-0.39, 0.29) is 5.69 Å². The van der Waals surface area contributed by atoms with E-state index in [0.29, 0.717) is 12.1 Å². The number of aliphatic hydroxyl groups is 1. The van der Waals surface area contributed by atoms with Crippen LogP contribution >= 0.6 is 0 Å². The first-order chi connectivity index (χ1) is 10.6. The van der Waals surface area contributed by atoms with E-state index in [2.05, 4.69) is 4.90 Å². The minimum absolute atomic E-state index is 0.00696. The summed E-state index contributed by atoms with van der Waals surface area (Å²) >= 11 is 0. The Morgan fingerprint density at radius 3 is 2.86 bits per heavy atom. The number of benzene rings is 1. The summed E-state index contributed by atoms with van der Waals surface area (Å²) in [7, 11) is 1.95. The van der Waals surface area contributed by atoms with Crippen LogP contribution in [-0.4, -0.2) is 72.8 Å². The monoisotopic (exact) mass is 309 g/mol. The van der Waals surface area contributed by atoms with Crippen LogP contribution in [0.25, 0.3) is 0 Å². The van der Waals surface area contributed by atoms with Gasteiger partial charge in [0.1, 0.15) is 0 Å². The quantitative estimate of drug-likeness (QED) is 0.595. The molecule has 1 aromatic rings. The first-order valence-electron chi connectivity index (χ1n) is 7.47. The van der Waals surface area contributed by atoms with Gasteiger partial charge in [0, 0.05) is 44.9 Å². The van der Waals surface area contributed by atoms with Crippen molar-refractivity contribution in [3.63, 3.8) is 0 Å². The first-order valence-corrected chi connectivity index (χ1v) is 7.47. The van der Waals surface area contributed by atoms with Gasteiger partial charge >= 0.3 is 0 Å². The molecule has 7 nitrogen and oxygen atoms in total. The number of nitro groups is 1. The maximum absolute atomic E-state index is 10.8. The summed E-state index contributed by atoms with van der Waals surface area (Å²) < 4.78 is 5.31. The molecule has 0 amide bonds. The molecule has 0 aromatic heterocycles. The Bertz CT molecular complexity index is 491. The smallest absolute Gasteiger partial charge is 0.269 e. The third kappa shape index (κ3) is 5.03. The van der Waals surface area contributed by atoms with E-state index < -0.39 is 11.0 Å². The van der Waals surface area contributed by atoms with E-state index in [4.69, 9.17) is 4.74 Å². The first kappa shape index (κ1) is 16.8. The van der Waals surface area contributed by atoms with Crippen LogP contribution in [0.1, 0.15) is 11.7 Å². The highest BCUT2D eigenvalue weighted by Gasteiger charge is 2.16. The van der Waals surface area contributed by atoms with Gasteiger partial charge in [-0.25, -0.2) is 0 Å². The number of nitrogens with zero attached hydrogens (tertiary/aromatic N) is 3. The Labute approximate surface area is 130 Å². The number of hydrogen-bond donors (Lipinski definition) is 1. The van der Waals surface area contributed by atoms with Gasteiger partial charge in [0.05, 0.1) is 24.2 Å². The fourth-order valence-electron chi connectivity index (χ4n) is 2.47. The number of hydrogen-bond acceptors (Lipinski definition) is 6. The van der Waals surface area contributed by atoms with Crippen LogP contribution < -0.4 is 0 Å². The number of nitro benzene ring substituents is 1. The summed E-state index contributed by atoms with van der Waals surface area (Å²) in [4.78, 5) is 14.7. The van der Waals surface area contributed by atoms with Gasteiger partial charge in [-0.2, -0.15) is 0 Å². The molecule has 1 N–H and O–H groups in total. The van der Waals surface area contributed by atoms with Crippen molar-refractivity contribution < 1.29 is 14.8 Å². The lowest BCUT2D eigenvalue weighted by Gasteiger charge is -2.29. The molecule has 0 spiro atoms. The van der Waals surface area contributed by atoms with Crippen LogP contribution in [0.15, 0.2) is 24.3 Å². The normalized spacial score (nSPS) is 17.6. The van der Waals surface area contributed by atoms with Gasteiger partial charge < -0.3 is 14.7 Å². The zero-order valence-electron chi connectivity index (χ0n) is 12.9. The van der Waals surface area contributed by atoms with Crippen LogP contribution in [0.3, 0.4) is 0 Å². The lowest BCUT2D eigenvalue weighted by Crippen LogP contribution is -2.41. The molecule has 1 aliphatic rings. The van der Waals surface area contributed by atoms with Gasteiger partial charge in [-0.3, -0.25) is 15.0 Å². The molecule has 0 saturated carbocycles. The molecule has 0 bridgehead atoms. The van der Waals surface area contributed by atoms with Gasteiger partial charge in [-0.1, -0.05) is 12.1 Å². The molecule has 1 aliphatic heterocycles. The van der Waals surface area contributed by atoms with Gasteiger partial charge in [-0.05, 0) is 12.6 Å². The van der Waals surface area contributed by atoms with Gasteiger partial charge in [-0.15, -0.1) is 0 Å². The second kappa shape index (κ2) is 8.19. The molecule has 2 rings (SSSR count). The van der Waals surface area contributed by atoms with E-state index in [9.17, 15) is 15.2 Å². The van der Waals surface area contributed by atoms with Gasteiger partial charge in [0.15, 0.2) is 0 Å². The summed E-state index contributed by atoms with van der Waals surface area (Å²) in [5.74, 6) is 0. The maximum Gasteiger partial charge on any atom is 0.269 e. The summed E-state index contributed by atoms with van der Waals surface area (Å²) in [6, 6.07) is 6.18. The van der Waals surface area contributed by atoms with E-state index in [0.717, 1.165) is 39.4 Å². The third-order valence-corrected chi connectivity index (χ3v) is 3.85. The van der Waals surface area contributed by atoms with Crippen LogP contribution in [0.4, 0.5) is 5.69 Å². The Morgan fingerprint density at radius 2 is 2.18 bits per heavy atom. The zero-order valence-corrected chi connectivity index (χ0v) is 12.9. The molecule has 7 heteroatoms. The van der Waals surface area contributed by atoms with E-state index in [1.807, 2.05) is 11.9 Å². The standard InChI is InChI=1S/C15H23N3O4/c1-16(5-6-17-7-9-22-10-8-17)12-15(19)13-3-2-4-14(11-13)18(20)21/h2-4,11,15,19H,5-10,12H2,1H3. The van der Waals surface area contributed by atoms with Crippen LogP contribution in [0.2, 0.25) is 0 Å². The second-order valence-corrected chi connectivity index (χ2v) is 5.58. The predicted octanol–water partition coefficient (Wildman–Crippen LogP) is 0.892. The SMILES string of the molecule is CN(CCN1CCOCC1)CC(O)c1cccc([N+](=O)[O-])c1. The highest BCUT2D eigenvalue weighted by atomic mass is 16.6. The number of rotatable bonds is 7. The van der Waals surface area contributed by atoms with Gasteiger partial charge in [0.25, 0.3) is 5.69 Å². The molecule has 122 valence electrons. The van der Waals surface area contributed by atoms with Crippen LogP contribution in [0, 0.1) is 10.1 Å².